The molecular weight excluding hydrogens is 276 g/mol. The maximum Gasteiger partial charge on any atom is 0.322 e. The maximum atomic E-state index is 5.91. The molecule has 0 aliphatic heterocycles. The van der Waals surface area contributed by atoms with E-state index in [2.05, 4.69) is 54.9 Å². The SMILES string of the molecule is CC(C)Oc1nc(Cl)nc(NC(C)(C)CC(C)(C)C)n1. The van der Waals surface area contributed by atoms with Crippen molar-refractivity contribution in [2.75, 3.05) is 5.32 Å². The van der Waals surface area contributed by atoms with Gasteiger partial charge in [-0.2, -0.15) is 15.0 Å². The Balaban J connectivity index is 2.88. The molecule has 6 heteroatoms. The third-order valence-corrected chi connectivity index (χ3v) is 2.52. The topological polar surface area (TPSA) is 59.9 Å². The number of hydrogen-bond donors (Lipinski definition) is 1. The number of rotatable bonds is 5. The highest BCUT2D eigenvalue weighted by Gasteiger charge is 2.26. The molecule has 0 unspecified atom stereocenters. The van der Waals surface area contributed by atoms with Gasteiger partial charge >= 0.3 is 6.01 Å². The van der Waals surface area contributed by atoms with E-state index in [1.807, 2.05) is 13.8 Å². The third-order valence-electron chi connectivity index (χ3n) is 2.35. The van der Waals surface area contributed by atoms with Crippen molar-refractivity contribution >= 4 is 17.5 Å². The molecule has 0 fully saturated rings. The summed E-state index contributed by atoms with van der Waals surface area (Å²) in [5.74, 6) is 0.440. The average Bonchev–Trinajstić information content (AvgIpc) is 2.08. The van der Waals surface area contributed by atoms with E-state index in [0.717, 1.165) is 6.42 Å². The van der Waals surface area contributed by atoms with Gasteiger partial charge in [-0.1, -0.05) is 20.8 Å². The molecular formula is C14H25ClN4O. The minimum absolute atomic E-state index is 0.0103. The molecule has 0 saturated heterocycles. The number of halogens is 1. The summed E-state index contributed by atoms with van der Waals surface area (Å²) in [6.45, 7) is 14.6. The Labute approximate surface area is 126 Å². The number of nitrogens with zero attached hydrogens (tertiary/aromatic N) is 3. The minimum atomic E-state index is -0.155. The first-order valence-corrected chi connectivity index (χ1v) is 7.21. The van der Waals surface area contributed by atoms with E-state index < -0.39 is 0 Å². The van der Waals surface area contributed by atoms with Gasteiger partial charge in [-0.15, -0.1) is 0 Å². The van der Waals surface area contributed by atoms with Crippen LogP contribution in [0.3, 0.4) is 0 Å². The van der Waals surface area contributed by atoms with Gasteiger partial charge in [0.2, 0.25) is 11.2 Å². The molecule has 0 aliphatic rings. The van der Waals surface area contributed by atoms with E-state index >= 15 is 0 Å². The summed E-state index contributed by atoms with van der Waals surface area (Å²) in [7, 11) is 0. The first kappa shape index (κ1) is 17.0. The Morgan fingerprint density at radius 3 is 2.20 bits per heavy atom. The summed E-state index contributed by atoms with van der Waals surface area (Å²) in [4.78, 5) is 12.3. The van der Waals surface area contributed by atoms with Gasteiger partial charge in [0.25, 0.3) is 0 Å². The van der Waals surface area contributed by atoms with Crippen LogP contribution in [0.15, 0.2) is 0 Å². The second-order valence-corrected chi connectivity index (χ2v) is 7.46. The van der Waals surface area contributed by atoms with Crippen molar-refractivity contribution in [2.24, 2.45) is 5.41 Å². The quantitative estimate of drug-likeness (QED) is 0.892. The van der Waals surface area contributed by atoms with Crippen molar-refractivity contribution in [1.29, 1.82) is 0 Å². The minimum Gasteiger partial charge on any atom is -0.461 e. The highest BCUT2D eigenvalue weighted by Crippen LogP contribution is 2.29. The Bertz CT molecular complexity index is 455. The largest absolute Gasteiger partial charge is 0.461 e. The van der Waals surface area contributed by atoms with Crippen LogP contribution >= 0.6 is 11.6 Å². The van der Waals surface area contributed by atoms with Crippen molar-refractivity contribution in [3.63, 3.8) is 0 Å². The molecule has 1 rings (SSSR count). The van der Waals surface area contributed by atoms with Crippen LogP contribution in [0.1, 0.15) is 54.9 Å². The maximum absolute atomic E-state index is 5.91. The Hall–Kier alpha value is -1.10. The lowest BCUT2D eigenvalue weighted by Gasteiger charge is -2.33. The first-order chi connectivity index (χ1) is 8.97. The van der Waals surface area contributed by atoms with Crippen molar-refractivity contribution < 1.29 is 4.74 Å². The van der Waals surface area contributed by atoms with Gasteiger partial charge in [0.05, 0.1) is 6.10 Å². The number of hydrogen-bond acceptors (Lipinski definition) is 5. The summed E-state index contributed by atoms with van der Waals surface area (Å²) in [5.41, 5.74) is 0.0443. The summed E-state index contributed by atoms with van der Waals surface area (Å²) in [6, 6.07) is 0.244. The van der Waals surface area contributed by atoms with E-state index in [1.165, 1.54) is 0 Å². The standard InChI is InChI=1S/C14H25ClN4O/c1-9(2)20-12-17-10(15)16-11(18-12)19-14(6,7)8-13(3,4)5/h9H,8H2,1-7H3,(H,16,17,18,19). The molecule has 0 aliphatic carbocycles. The first-order valence-electron chi connectivity index (χ1n) is 6.83. The molecule has 1 heterocycles. The van der Waals surface area contributed by atoms with Crippen LogP contribution in [-0.2, 0) is 0 Å². The van der Waals surface area contributed by atoms with Crippen LogP contribution in [0.25, 0.3) is 0 Å². The molecule has 0 bridgehead atoms. The van der Waals surface area contributed by atoms with Crippen molar-refractivity contribution in [1.82, 2.24) is 15.0 Å². The van der Waals surface area contributed by atoms with Gasteiger partial charge in [0.15, 0.2) is 0 Å². The van der Waals surface area contributed by atoms with Crippen LogP contribution in [0, 0.1) is 5.41 Å². The van der Waals surface area contributed by atoms with Crippen molar-refractivity contribution in [3.05, 3.63) is 5.28 Å². The summed E-state index contributed by atoms with van der Waals surface area (Å²) >= 11 is 5.91. The van der Waals surface area contributed by atoms with E-state index in [0.29, 0.717) is 5.95 Å². The zero-order valence-corrected chi connectivity index (χ0v) is 14.2. The molecule has 1 aromatic rings. The van der Waals surface area contributed by atoms with Crippen LogP contribution in [-0.4, -0.2) is 26.6 Å². The van der Waals surface area contributed by atoms with Crippen LogP contribution in [0.5, 0.6) is 6.01 Å². The molecule has 5 nitrogen and oxygen atoms in total. The van der Waals surface area contributed by atoms with Crippen molar-refractivity contribution in [2.45, 2.75) is 66.5 Å². The van der Waals surface area contributed by atoms with Gasteiger partial charge < -0.3 is 10.1 Å². The van der Waals surface area contributed by atoms with Gasteiger partial charge in [-0.3, -0.25) is 0 Å². The molecule has 0 radical (unpaired) electrons. The molecule has 0 aromatic carbocycles. The second-order valence-electron chi connectivity index (χ2n) is 7.12. The van der Waals surface area contributed by atoms with E-state index in [-0.39, 0.29) is 28.4 Å². The lowest BCUT2D eigenvalue weighted by Crippen LogP contribution is -2.36. The Morgan fingerprint density at radius 2 is 1.70 bits per heavy atom. The molecule has 0 atom stereocenters. The third kappa shape index (κ3) is 6.37. The summed E-state index contributed by atoms with van der Waals surface area (Å²) in [6.07, 6.45) is 0.952. The van der Waals surface area contributed by atoms with Crippen molar-refractivity contribution in [3.8, 4) is 6.01 Å². The summed E-state index contributed by atoms with van der Waals surface area (Å²) < 4.78 is 5.46. The molecule has 1 N–H and O–H groups in total. The second kappa shape index (κ2) is 6.12. The lowest BCUT2D eigenvalue weighted by molar-refractivity contribution is 0.221. The van der Waals surface area contributed by atoms with E-state index in [9.17, 15) is 0 Å². The normalized spacial score (nSPS) is 12.7. The number of ether oxygens (including phenoxy) is 1. The van der Waals surface area contributed by atoms with Gasteiger partial charge in [-0.05, 0) is 51.1 Å². The van der Waals surface area contributed by atoms with Crippen LogP contribution in [0.2, 0.25) is 5.28 Å². The fraction of sp³-hybridized carbons (Fsp3) is 0.786. The highest BCUT2D eigenvalue weighted by molar-refractivity contribution is 6.28. The fourth-order valence-electron chi connectivity index (χ4n) is 2.32. The molecule has 114 valence electrons. The van der Waals surface area contributed by atoms with Gasteiger partial charge in [0, 0.05) is 5.54 Å². The zero-order chi connectivity index (χ0) is 15.6. The van der Waals surface area contributed by atoms with Crippen LogP contribution < -0.4 is 10.1 Å². The highest BCUT2D eigenvalue weighted by atomic mass is 35.5. The monoisotopic (exact) mass is 300 g/mol. The van der Waals surface area contributed by atoms with E-state index in [4.69, 9.17) is 16.3 Å². The number of aromatic nitrogens is 3. The molecule has 0 spiro atoms. The number of nitrogens with one attached hydrogen (secondary N) is 1. The summed E-state index contributed by atoms with van der Waals surface area (Å²) in [5, 5.41) is 3.43. The smallest absolute Gasteiger partial charge is 0.322 e. The number of anilines is 1. The fourth-order valence-corrected chi connectivity index (χ4v) is 2.48. The predicted octanol–water partition coefficient (Wildman–Crippen LogP) is 3.94. The lowest BCUT2D eigenvalue weighted by atomic mass is 9.82. The van der Waals surface area contributed by atoms with E-state index in [1.54, 1.807) is 0 Å². The molecule has 0 saturated carbocycles. The zero-order valence-electron chi connectivity index (χ0n) is 13.4. The Morgan fingerprint density at radius 1 is 1.10 bits per heavy atom. The Kier molecular flexibility index (Phi) is 5.19. The van der Waals surface area contributed by atoms with Gasteiger partial charge in [-0.25, -0.2) is 0 Å². The predicted molar refractivity (Wildman–Crippen MR) is 82.4 cm³/mol. The van der Waals surface area contributed by atoms with Gasteiger partial charge in [0.1, 0.15) is 0 Å². The molecule has 1 aromatic heterocycles. The average molecular weight is 301 g/mol. The molecule has 0 amide bonds. The van der Waals surface area contributed by atoms with Crippen LogP contribution in [0.4, 0.5) is 5.95 Å². The molecule has 20 heavy (non-hydrogen) atoms.